The minimum absolute atomic E-state index is 0.00240. The molecule has 0 bridgehead atoms. The Morgan fingerprint density at radius 1 is 1.13 bits per heavy atom. The number of hydrogen-bond donors (Lipinski definition) is 0. The number of unbranched alkanes of at least 4 members (excludes halogenated alkanes) is 2. The molecule has 0 amide bonds. The third-order valence-electron chi connectivity index (χ3n) is 2.27. The smallest absolute Gasteiger partial charge is 0.239 e. The fraction of sp³-hybridized carbons (Fsp3) is 1.00. The SMILES string of the molecule is CC(CCCCCOC(C)(C)C)[SiH](Cl)Cl. The summed E-state index contributed by atoms with van der Waals surface area (Å²) in [7, 11) is -1.44. The van der Waals surface area contributed by atoms with Gasteiger partial charge in [-0.25, -0.2) is 0 Å². The summed E-state index contributed by atoms with van der Waals surface area (Å²) in [5.41, 5.74) is 0.536. The highest BCUT2D eigenvalue weighted by molar-refractivity contribution is 7.34. The average molecular weight is 271 g/mol. The van der Waals surface area contributed by atoms with Gasteiger partial charge in [-0.15, -0.1) is 0 Å². The molecule has 1 unspecified atom stereocenters. The van der Waals surface area contributed by atoms with E-state index in [4.69, 9.17) is 26.9 Å². The van der Waals surface area contributed by atoms with Crippen molar-refractivity contribution < 1.29 is 4.74 Å². The van der Waals surface area contributed by atoms with Gasteiger partial charge in [0.1, 0.15) is 0 Å². The normalized spacial score (nSPS) is 14.6. The molecule has 0 aromatic carbocycles. The van der Waals surface area contributed by atoms with Crippen LogP contribution < -0.4 is 0 Å². The van der Waals surface area contributed by atoms with E-state index in [1.807, 2.05) is 0 Å². The van der Waals surface area contributed by atoms with Crippen molar-refractivity contribution in [3.05, 3.63) is 0 Å². The maximum atomic E-state index is 5.91. The Hall–Kier alpha value is 0.757. The van der Waals surface area contributed by atoms with Crippen molar-refractivity contribution in [2.75, 3.05) is 6.61 Å². The van der Waals surface area contributed by atoms with Crippen molar-refractivity contribution in [3.8, 4) is 0 Å². The highest BCUT2D eigenvalue weighted by Gasteiger charge is 2.13. The zero-order chi connectivity index (χ0) is 11.9. The summed E-state index contributed by atoms with van der Waals surface area (Å²) in [5, 5.41) is 0. The molecule has 0 aliphatic carbocycles. The first-order valence-corrected chi connectivity index (χ1v) is 9.91. The summed E-state index contributed by atoms with van der Waals surface area (Å²) in [6, 6.07) is 0. The lowest BCUT2D eigenvalue weighted by Crippen LogP contribution is -2.19. The Morgan fingerprint density at radius 3 is 2.20 bits per heavy atom. The van der Waals surface area contributed by atoms with Crippen LogP contribution in [0, 0.1) is 0 Å². The van der Waals surface area contributed by atoms with Gasteiger partial charge in [-0.2, -0.15) is 22.2 Å². The van der Waals surface area contributed by atoms with E-state index in [1.54, 1.807) is 0 Å². The van der Waals surface area contributed by atoms with Crippen molar-refractivity contribution in [2.24, 2.45) is 0 Å². The standard InChI is InChI=1S/C11H24Cl2OSi/c1-10(15(12)13)8-6-5-7-9-14-11(2,3)4/h10,15H,5-9H2,1-4H3. The fourth-order valence-corrected chi connectivity index (χ4v) is 2.49. The molecule has 0 spiro atoms. The van der Waals surface area contributed by atoms with Crippen LogP contribution in [0.5, 0.6) is 0 Å². The Bertz CT molecular complexity index is 157. The number of hydrogen-bond acceptors (Lipinski definition) is 1. The topological polar surface area (TPSA) is 9.23 Å². The summed E-state index contributed by atoms with van der Waals surface area (Å²) in [6.45, 7) is 9.29. The van der Waals surface area contributed by atoms with E-state index in [0.717, 1.165) is 13.0 Å². The second kappa shape index (κ2) is 7.94. The molecule has 0 aromatic heterocycles. The Balaban J connectivity index is 3.26. The molecule has 0 aliphatic heterocycles. The van der Waals surface area contributed by atoms with Crippen molar-refractivity contribution >= 4 is 29.6 Å². The van der Waals surface area contributed by atoms with Crippen molar-refractivity contribution in [3.63, 3.8) is 0 Å². The lowest BCUT2D eigenvalue weighted by molar-refractivity contribution is -0.00474. The molecule has 1 atom stereocenters. The third-order valence-corrected chi connectivity index (χ3v) is 6.04. The fourth-order valence-electron chi connectivity index (χ4n) is 1.25. The van der Waals surface area contributed by atoms with Crippen LogP contribution in [0.15, 0.2) is 0 Å². The molecule has 0 aliphatic rings. The van der Waals surface area contributed by atoms with E-state index < -0.39 is 7.42 Å². The summed E-state index contributed by atoms with van der Waals surface area (Å²) in [6.07, 6.45) is 4.74. The maximum Gasteiger partial charge on any atom is 0.239 e. The summed E-state index contributed by atoms with van der Waals surface area (Å²) < 4.78 is 5.64. The second-order valence-electron chi connectivity index (χ2n) is 5.12. The van der Waals surface area contributed by atoms with Crippen molar-refractivity contribution in [2.45, 2.75) is 64.5 Å². The van der Waals surface area contributed by atoms with E-state index in [0.29, 0.717) is 5.54 Å². The summed E-state index contributed by atoms with van der Waals surface area (Å²) in [5.74, 6) is 0. The van der Waals surface area contributed by atoms with Crippen LogP contribution in [0.3, 0.4) is 0 Å². The van der Waals surface area contributed by atoms with Gasteiger partial charge in [0.2, 0.25) is 7.42 Å². The molecule has 0 fully saturated rings. The Morgan fingerprint density at radius 2 is 1.73 bits per heavy atom. The van der Waals surface area contributed by atoms with Crippen molar-refractivity contribution in [1.29, 1.82) is 0 Å². The summed E-state index contributed by atoms with van der Waals surface area (Å²) >= 11 is 11.8. The van der Waals surface area contributed by atoms with Gasteiger partial charge in [-0.05, 0) is 32.7 Å². The molecule has 0 rings (SSSR count). The Kier molecular flexibility index (Phi) is 8.34. The molecule has 1 nitrogen and oxygen atoms in total. The highest BCUT2D eigenvalue weighted by Crippen LogP contribution is 2.23. The number of ether oxygens (including phenoxy) is 1. The van der Waals surface area contributed by atoms with E-state index >= 15 is 0 Å². The molecule has 0 saturated carbocycles. The maximum absolute atomic E-state index is 5.91. The predicted octanol–water partition coefficient (Wildman–Crippen LogP) is 4.45. The lowest BCUT2D eigenvalue weighted by atomic mass is 10.1. The van der Waals surface area contributed by atoms with Gasteiger partial charge >= 0.3 is 0 Å². The van der Waals surface area contributed by atoms with Crippen LogP contribution in [0.4, 0.5) is 0 Å². The molecular formula is C11H24Cl2OSi. The van der Waals surface area contributed by atoms with Crippen LogP contribution in [0.1, 0.15) is 53.4 Å². The number of rotatable bonds is 7. The van der Waals surface area contributed by atoms with Gasteiger partial charge in [-0.1, -0.05) is 26.2 Å². The minimum Gasteiger partial charge on any atom is -0.376 e. The average Bonchev–Trinajstić information content (AvgIpc) is 2.08. The first kappa shape index (κ1) is 15.8. The molecule has 92 valence electrons. The van der Waals surface area contributed by atoms with E-state index in [-0.39, 0.29) is 5.60 Å². The quantitative estimate of drug-likeness (QED) is 0.377. The summed E-state index contributed by atoms with van der Waals surface area (Å²) in [4.78, 5) is 0. The second-order valence-corrected chi connectivity index (χ2v) is 10.4. The first-order valence-electron chi connectivity index (χ1n) is 5.75. The van der Waals surface area contributed by atoms with Crippen LogP contribution in [-0.2, 0) is 4.74 Å². The van der Waals surface area contributed by atoms with Crippen molar-refractivity contribution in [1.82, 2.24) is 0 Å². The highest BCUT2D eigenvalue weighted by atomic mass is 35.7. The molecule has 0 heterocycles. The zero-order valence-corrected chi connectivity index (χ0v) is 13.0. The monoisotopic (exact) mass is 270 g/mol. The molecule has 0 saturated heterocycles. The van der Waals surface area contributed by atoms with E-state index in [9.17, 15) is 0 Å². The predicted molar refractivity (Wildman–Crippen MR) is 72.5 cm³/mol. The largest absolute Gasteiger partial charge is 0.376 e. The molecule has 15 heavy (non-hydrogen) atoms. The minimum atomic E-state index is -1.44. The van der Waals surface area contributed by atoms with Gasteiger partial charge < -0.3 is 4.74 Å². The van der Waals surface area contributed by atoms with Gasteiger partial charge in [0.25, 0.3) is 0 Å². The van der Waals surface area contributed by atoms with Gasteiger partial charge in [-0.3, -0.25) is 0 Å². The van der Waals surface area contributed by atoms with E-state index in [2.05, 4.69) is 27.7 Å². The number of halogens is 2. The van der Waals surface area contributed by atoms with Crippen LogP contribution in [0.25, 0.3) is 0 Å². The first-order chi connectivity index (χ1) is 6.83. The van der Waals surface area contributed by atoms with Gasteiger partial charge in [0, 0.05) is 6.61 Å². The van der Waals surface area contributed by atoms with Gasteiger partial charge in [0.15, 0.2) is 0 Å². The third kappa shape index (κ3) is 11.0. The lowest BCUT2D eigenvalue weighted by Gasteiger charge is -2.19. The molecule has 0 radical (unpaired) electrons. The van der Waals surface area contributed by atoms with Crippen LogP contribution in [-0.4, -0.2) is 19.6 Å². The molecule has 0 aromatic rings. The molecule has 0 N–H and O–H groups in total. The molecular weight excluding hydrogens is 247 g/mol. The van der Waals surface area contributed by atoms with Crippen LogP contribution in [0.2, 0.25) is 5.54 Å². The Labute approximate surface area is 105 Å². The van der Waals surface area contributed by atoms with E-state index in [1.165, 1.54) is 19.3 Å². The zero-order valence-electron chi connectivity index (χ0n) is 10.4. The van der Waals surface area contributed by atoms with Crippen LogP contribution >= 0.6 is 22.2 Å². The van der Waals surface area contributed by atoms with Gasteiger partial charge in [0.05, 0.1) is 5.60 Å². The molecule has 4 heteroatoms.